The molecule has 4 N–H and O–H groups in total. The third kappa shape index (κ3) is 3.11. The number of phenols is 1. The van der Waals surface area contributed by atoms with Crippen LogP contribution < -0.4 is 5.73 Å². The van der Waals surface area contributed by atoms with Crippen molar-refractivity contribution < 1.29 is 5.11 Å². The Hall–Kier alpha value is -1.26. The van der Waals surface area contributed by atoms with Crippen LogP contribution in [0.4, 0.5) is 0 Å². The molecule has 2 radical (unpaired) electrons. The van der Waals surface area contributed by atoms with Crippen molar-refractivity contribution in [2.24, 2.45) is 5.73 Å². The summed E-state index contributed by atoms with van der Waals surface area (Å²) in [6.07, 6.45) is 3.03. The maximum atomic E-state index is 9.50. The number of aryl methyl sites for hydroxylation is 1. The van der Waals surface area contributed by atoms with E-state index in [4.69, 9.17) is 5.73 Å². The van der Waals surface area contributed by atoms with Crippen LogP contribution in [-0.4, -0.2) is 24.8 Å². The van der Waals surface area contributed by atoms with Gasteiger partial charge in [0, 0.05) is 17.1 Å². The average molecular weight is 246 g/mol. The highest BCUT2D eigenvalue weighted by Gasteiger charge is 2.12. The Kier molecular flexibility index (Phi) is 3.26. The first-order valence-corrected chi connectivity index (χ1v) is 6.99. The van der Waals surface area contributed by atoms with Crippen molar-refractivity contribution >= 4 is 20.4 Å². The second kappa shape index (κ2) is 4.54. The Morgan fingerprint density at radius 2 is 2.18 bits per heavy atom. The van der Waals surface area contributed by atoms with Gasteiger partial charge in [0.2, 0.25) is 0 Å². The van der Waals surface area contributed by atoms with E-state index in [0.717, 1.165) is 32.9 Å². The number of hydrogen-bond donors (Lipinski definition) is 3. The third-order valence-corrected chi connectivity index (χ3v) is 4.14. The summed E-state index contributed by atoms with van der Waals surface area (Å²) in [7, 11) is 0.749. The molecule has 1 aromatic carbocycles. The van der Waals surface area contributed by atoms with Gasteiger partial charge in [-0.3, -0.25) is 0 Å². The molecule has 0 aliphatic rings. The van der Waals surface area contributed by atoms with E-state index in [0.29, 0.717) is 5.75 Å². The Bertz CT molecular complexity index is 514. The molecule has 0 saturated heterocycles. The smallest absolute Gasteiger partial charge is 0.116 e. The largest absolute Gasteiger partial charge is 0.508 e. The van der Waals surface area contributed by atoms with Gasteiger partial charge in [-0.05, 0) is 35.3 Å². The highest BCUT2D eigenvalue weighted by atomic mass is 28.2. The zero-order valence-corrected chi connectivity index (χ0v) is 11.2. The first-order valence-electron chi connectivity index (χ1n) is 5.78. The molecule has 0 spiro atoms. The number of benzene rings is 1. The number of aromatic nitrogens is 1. The number of aromatic hydroxyl groups is 1. The van der Waals surface area contributed by atoms with Crippen LogP contribution in [0, 0.1) is 0 Å². The van der Waals surface area contributed by atoms with Gasteiger partial charge in [-0.15, -0.1) is 0 Å². The number of H-pyrrole nitrogens is 1. The predicted molar refractivity (Wildman–Crippen MR) is 72.5 cm³/mol. The molecule has 0 saturated carbocycles. The first-order chi connectivity index (χ1) is 7.96. The van der Waals surface area contributed by atoms with Gasteiger partial charge in [-0.1, -0.05) is 19.9 Å². The van der Waals surface area contributed by atoms with Crippen molar-refractivity contribution in [2.45, 2.75) is 31.5 Å². The molecule has 0 fully saturated rings. The Balaban J connectivity index is 2.11. The van der Waals surface area contributed by atoms with Crippen molar-refractivity contribution in [1.82, 2.24) is 4.98 Å². The lowest BCUT2D eigenvalue weighted by Crippen LogP contribution is -2.38. The van der Waals surface area contributed by atoms with Gasteiger partial charge in [-0.2, -0.15) is 0 Å². The summed E-state index contributed by atoms with van der Waals surface area (Å²) in [4.78, 5) is 3.22. The quantitative estimate of drug-likeness (QED) is 0.724. The van der Waals surface area contributed by atoms with E-state index in [1.807, 2.05) is 18.3 Å². The number of hydrogen-bond acceptors (Lipinski definition) is 2. The highest BCUT2D eigenvalue weighted by molar-refractivity contribution is 6.39. The zero-order chi connectivity index (χ0) is 12.5. The van der Waals surface area contributed by atoms with Gasteiger partial charge in [-0.25, -0.2) is 0 Å². The van der Waals surface area contributed by atoms with Crippen molar-refractivity contribution in [2.75, 3.05) is 0 Å². The number of nitrogens with two attached hydrogens (primary N) is 1. The number of phenolic OH excluding ortho intramolecular Hbond substituents is 1. The molecule has 0 aliphatic heterocycles. The van der Waals surface area contributed by atoms with Gasteiger partial charge in [0.15, 0.2) is 0 Å². The zero-order valence-electron chi connectivity index (χ0n) is 10.2. The standard InChI is InChI=1S/C13H18N2OSi/c1-13(2,14)17-6-5-9-8-15-12-4-3-10(16)7-11(9)12/h3-4,7-8,15-16H,5-6,14H2,1-2H3. The summed E-state index contributed by atoms with van der Waals surface area (Å²) >= 11 is 0. The number of fused-ring (bicyclic) bond motifs is 1. The minimum atomic E-state index is -0.0751. The Labute approximate surface area is 104 Å². The van der Waals surface area contributed by atoms with E-state index in [1.165, 1.54) is 5.56 Å². The number of nitrogens with one attached hydrogen (secondary N) is 1. The van der Waals surface area contributed by atoms with Crippen LogP contribution in [-0.2, 0) is 6.42 Å². The topological polar surface area (TPSA) is 62.0 Å². The number of aromatic amines is 1. The van der Waals surface area contributed by atoms with Crippen molar-refractivity contribution in [3.8, 4) is 5.75 Å². The van der Waals surface area contributed by atoms with Crippen LogP contribution in [0.15, 0.2) is 24.4 Å². The molecule has 4 heteroatoms. The van der Waals surface area contributed by atoms with Crippen LogP contribution in [0.2, 0.25) is 6.04 Å². The number of rotatable bonds is 4. The summed E-state index contributed by atoms with van der Waals surface area (Å²) < 4.78 is 0. The molecule has 1 heterocycles. The predicted octanol–water partition coefficient (Wildman–Crippen LogP) is 2.23. The van der Waals surface area contributed by atoms with Gasteiger partial charge in [0.25, 0.3) is 0 Å². The summed E-state index contributed by atoms with van der Waals surface area (Å²) in [6.45, 7) is 4.12. The van der Waals surface area contributed by atoms with Gasteiger partial charge >= 0.3 is 0 Å². The molecular formula is C13H18N2OSi. The highest BCUT2D eigenvalue weighted by Crippen LogP contribution is 2.24. The molecule has 0 atom stereocenters. The van der Waals surface area contributed by atoms with E-state index >= 15 is 0 Å². The molecule has 1 aromatic heterocycles. The normalized spacial score (nSPS) is 12.2. The average Bonchev–Trinajstić information content (AvgIpc) is 2.59. The fourth-order valence-corrected chi connectivity index (χ4v) is 2.93. The molecule has 3 nitrogen and oxygen atoms in total. The van der Waals surface area contributed by atoms with E-state index in [2.05, 4.69) is 18.8 Å². The lowest BCUT2D eigenvalue weighted by atomic mass is 10.1. The van der Waals surface area contributed by atoms with Crippen LogP contribution in [0.25, 0.3) is 10.9 Å². The molecule has 0 aliphatic carbocycles. The van der Waals surface area contributed by atoms with Crippen molar-refractivity contribution in [1.29, 1.82) is 0 Å². The molecule has 17 heavy (non-hydrogen) atoms. The maximum Gasteiger partial charge on any atom is 0.116 e. The van der Waals surface area contributed by atoms with Crippen molar-refractivity contribution in [3.05, 3.63) is 30.0 Å². The first kappa shape index (κ1) is 12.2. The molecule has 0 unspecified atom stereocenters. The summed E-state index contributed by atoms with van der Waals surface area (Å²) in [5.41, 5.74) is 8.31. The second-order valence-corrected chi connectivity index (χ2v) is 7.08. The molecule has 0 amide bonds. The van der Waals surface area contributed by atoms with Gasteiger partial charge < -0.3 is 15.8 Å². The Morgan fingerprint density at radius 3 is 2.88 bits per heavy atom. The van der Waals surface area contributed by atoms with E-state index < -0.39 is 0 Å². The summed E-state index contributed by atoms with van der Waals surface area (Å²) in [5.74, 6) is 0.319. The molecule has 90 valence electrons. The van der Waals surface area contributed by atoms with Crippen LogP contribution in [0.1, 0.15) is 19.4 Å². The van der Waals surface area contributed by atoms with Crippen LogP contribution in [0.5, 0.6) is 5.75 Å². The molecule has 2 rings (SSSR count). The fraction of sp³-hybridized carbons (Fsp3) is 0.385. The van der Waals surface area contributed by atoms with Crippen LogP contribution >= 0.6 is 0 Å². The van der Waals surface area contributed by atoms with Gasteiger partial charge in [0.05, 0.1) is 9.52 Å². The van der Waals surface area contributed by atoms with Gasteiger partial charge in [0.1, 0.15) is 5.75 Å². The van der Waals surface area contributed by atoms with E-state index in [1.54, 1.807) is 6.07 Å². The fourth-order valence-electron chi connectivity index (χ4n) is 1.89. The molecule has 0 bridgehead atoms. The monoisotopic (exact) mass is 246 g/mol. The van der Waals surface area contributed by atoms with E-state index in [9.17, 15) is 5.11 Å². The molecule has 2 aromatic rings. The Morgan fingerprint density at radius 1 is 1.41 bits per heavy atom. The minimum absolute atomic E-state index is 0.0751. The minimum Gasteiger partial charge on any atom is -0.508 e. The SMILES string of the molecule is CC(C)(N)[Si]CCc1c[nH]c2ccc(O)cc12. The van der Waals surface area contributed by atoms with Crippen LogP contribution in [0.3, 0.4) is 0 Å². The maximum absolute atomic E-state index is 9.50. The third-order valence-electron chi connectivity index (χ3n) is 2.73. The van der Waals surface area contributed by atoms with E-state index in [-0.39, 0.29) is 5.16 Å². The lowest BCUT2D eigenvalue weighted by Gasteiger charge is -2.16. The summed E-state index contributed by atoms with van der Waals surface area (Å²) in [5, 5.41) is 10.5. The molecular weight excluding hydrogens is 228 g/mol. The van der Waals surface area contributed by atoms with Crippen molar-refractivity contribution in [3.63, 3.8) is 0 Å². The lowest BCUT2D eigenvalue weighted by molar-refractivity contribution is 0.476. The second-order valence-electron chi connectivity index (χ2n) is 4.94. The summed E-state index contributed by atoms with van der Waals surface area (Å²) in [6, 6.07) is 6.51.